The van der Waals surface area contributed by atoms with Crippen molar-refractivity contribution in [1.82, 2.24) is 10.6 Å². The predicted molar refractivity (Wildman–Crippen MR) is 73.1 cm³/mol. The molecular formula is C13H24N2O5. The van der Waals surface area contributed by atoms with Crippen molar-refractivity contribution in [1.29, 1.82) is 0 Å². The fraction of sp³-hybridized carbons (Fsp3) is 0.769. The van der Waals surface area contributed by atoms with E-state index in [0.29, 0.717) is 6.41 Å². The molecule has 0 heterocycles. The minimum atomic E-state index is -0.613. The van der Waals surface area contributed by atoms with Gasteiger partial charge in [-0.3, -0.25) is 9.59 Å². The van der Waals surface area contributed by atoms with Gasteiger partial charge in [-0.1, -0.05) is 0 Å². The molecule has 20 heavy (non-hydrogen) atoms. The molecule has 0 aliphatic rings. The Labute approximate surface area is 119 Å². The van der Waals surface area contributed by atoms with Gasteiger partial charge in [0.25, 0.3) is 0 Å². The van der Waals surface area contributed by atoms with Gasteiger partial charge in [0, 0.05) is 0 Å². The van der Waals surface area contributed by atoms with Crippen molar-refractivity contribution in [3.05, 3.63) is 0 Å². The van der Waals surface area contributed by atoms with E-state index in [1.807, 2.05) is 0 Å². The highest BCUT2D eigenvalue weighted by atomic mass is 16.6. The first-order valence-corrected chi connectivity index (χ1v) is 6.54. The molecule has 0 radical (unpaired) electrons. The highest BCUT2D eigenvalue weighted by Crippen LogP contribution is 2.08. The Morgan fingerprint density at radius 3 is 2.35 bits per heavy atom. The average Bonchev–Trinajstić information content (AvgIpc) is 2.25. The largest absolute Gasteiger partial charge is 0.466 e. The fourth-order valence-corrected chi connectivity index (χ4v) is 1.46. The van der Waals surface area contributed by atoms with Gasteiger partial charge in [0.15, 0.2) is 0 Å². The number of rotatable bonds is 7. The van der Waals surface area contributed by atoms with Crippen LogP contribution in [-0.4, -0.2) is 42.8 Å². The van der Waals surface area contributed by atoms with Crippen LogP contribution in [0.3, 0.4) is 0 Å². The lowest BCUT2D eigenvalue weighted by Gasteiger charge is -2.26. The van der Waals surface area contributed by atoms with E-state index in [-0.39, 0.29) is 13.0 Å². The summed E-state index contributed by atoms with van der Waals surface area (Å²) in [6, 6.07) is -1.03. The normalized spacial score (nSPS) is 13.8. The predicted octanol–water partition coefficient (Wildman–Crippen LogP) is 0.967. The zero-order chi connectivity index (χ0) is 15.8. The second kappa shape index (κ2) is 8.39. The summed E-state index contributed by atoms with van der Waals surface area (Å²) in [6.07, 6.45) is -0.146. The number of amides is 2. The first-order chi connectivity index (χ1) is 9.19. The number of alkyl carbamates (subject to hydrolysis) is 1. The lowest BCUT2D eigenvalue weighted by molar-refractivity contribution is -0.143. The molecular weight excluding hydrogens is 264 g/mol. The molecule has 0 aliphatic heterocycles. The smallest absolute Gasteiger partial charge is 0.407 e. The van der Waals surface area contributed by atoms with Crippen molar-refractivity contribution in [2.75, 3.05) is 6.61 Å². The molecule has 116 valence electrons. The van der Waals surface area contributed by atoms with Gasteiger partial charge in [0.1, 0.15) is 5.60 Å². The Morgan fingerprint density at radius 1 is 1.30 bits per heavy atom. The Bertz CT molecular complexity index is 338. The van der Waals surface area contributed by atoms with Gasteiger partial charge in [-0.05, 0) is 34.6 Å². The van der Waals surface area contributed by atoms with E-state index in [9.17, 15) is 14.4 Å². The molecule has 2 unspecified atom stereocenters. The van der Waals surface area contributed by atoms with E-state index in [0.717, 1.165) is 0 Å². The van der Waals surface area contributed by atoms with Crippen molar-refractivity contribution in [2.45, 2.75) is 58.7 Å². The maximum Gasteiger partial charge on any atom is 0.407 e. The molecule has 0 saturated carbocycles. The SMILES string of the molecule is CCOC(=O)CC(NC=O)C(C)NC(=O)OC(C)(C)C. The van der Waals surface area contributed by atoms with Gasteiger partial charge in [-0.15, -0.1) is 0 Å². The van der Waals surface area contributed by atoms with Gasteiger partial charge >= 0.3 is 12.1 Å². The van der Waals surface area contributed by atoms with Crippen LogP contribution >= 0.6 is 0 Å². The highest BCUT2D eigenvalue weighted by Gasteiger charge is 2.24. The van der Waals surface area contributed by atoms with Crippen LogP contribution in [-0.2, 0) is 19.1 Å². The van der Waals surface area contributed by atoms with Crippen molar-refractivity contribution >= 4 is 18.5 Å². The molecule has 0 rings (SSSR count). The monoisotopic (exact) mass is 288 g/mol. The molecule has 7 heteroatoms. The minimum absolute atomic E-state index is 0.0243. The molecule has 0 aromatic rings. The summed E-state index contributed by atoms with van der Waals surface area (Å²) in [4.78, 5) is 33.6. The molecule has 2 N–H and O–H groups in total. The maximum atomic E-state index is 11.6. The minimum Gasteiger partial charge on any atom is -0.466 e. The third-order valence-electron chi connectivity index (χ3n) is 2.32. The van der Waals surface area contributed by atoms with Crippen LogP contribution in [0, 0.1) is 0 Å². The van der Waals surface area contributed by atoms with Crippen LogP contribution < -0.4 is 10.6 Å². The third-order valence-corrected chi connectivity index (χ3v) is 2.32. The summed E-state index contributed by atoms with van der Waals surface area (Å²) in [5.74, 6) is -0.440. The summed E-state index contributed by atoms with van der Waals surface area (Å²) < 4.78 is 9.92. The Balaban J connectivity index is 4.48. The molecule has 0 spiro atoms. The lowest BCUT2D eigenvalue weighted by atomic mass is 10.1. The zero-order valence-corrected chi connectivity index (χ0v) is 12.7. The van der Waals surface area contributed by atoms with Crippen molar-refractivity contribution in [3.8, 4) is 0 Å². The van der Waals surface area contributed by atoms with Crippen molar-refractivity contribution in [3.63, 3.8) is 0 Å². The van der Waals surface area contributed by atoms with Gasteiger partial charge in [-0.25, -0.2) is 4.79 Å². The van der Waals surface area contributed by atoms with Gasteiger partial charge < -0.3 is 20.1 Å². The lowest BCUT2D eigenvalue weighted by Crippen LogP contribution is -2.50. The molecule has 0 aromatic heterocycles. The zero-order valence-electron chi connectivity index (χ0n) is 12.7. The quantitative estimate of drug-likeness (QED) is 0.538. The molecule has 0 saturated heterocycles. The summed E-state index contributed by atoms with van der Waals surface area (Å²) in [6.45, 7) is 8.87. The van der Waals surface area contributed by atoms with Crippen LogP contribution in [0.4, 0.5) is 4.79 Å². The first kappa shape index (κ1) is 18.2. The van der Waals surface area contributed by atoms with Crippen molar-refractivity contribution in [2.24, 2.45) is 0 Å². The number of esters is 1. The summed E-state index contributed by atoms with van der Waals surface area (Å²) in [7, 11) is 0. The molecule has 0 fully saturated rings. The van der Waals surface area contributed by atoms with Crippen molar-refractivity contribution < 1.29 is 23.9 Å². The second-order valence-corrected chi connectivity index (χ2v) is 5.34. The summed E-state index contributed by atoms with van der Waals surface area (Å²) >= 11 is 0. The molecule has 2 amide bonds. The summed E-state index contributed by atoms with van der Waals surface area (Å²) in [5.41, 5.74) is -0.613. The molecule has 0 aliphatic carbocycles. The molecule has 0 bridgehead atoms. The number of ether oxygens (including phenoxy) is 2. The molecule has 2 atom stereocenters. The van der Waals surface area contributed by atoms with E-state index in [1.165, 1.54) is 0 Å². The van der Waals surface area contributed by atoms with E-state index >= 15 is 0 Å². The fourth-order valence-electron chi connectivity index (χ4n) is 1.46. The Morgan fingerprint density at radius 2 is 1.90 bits per heavy atom. The number of nitrogens with one attached hydrogen (secondary N) is 2. The highest BCUT2D eigenvalue weighted by molar-refractivity contribution is 5.71. The molecule has 7 nitrogen and oxygen atoms in total. The van der Waals surface area contributed by atoms with E-state index in [4.69, 9.17) is 9.47 Å². The number of carbonyl (C=O) groups is 3. The Hall–Kier alpha value is -1.79. The Kier molecular flexibility index (Phi) is 7.64. The molecule has 0 aromatic carbocycles. The van der Waals surface area contributed by atoms with Gasteiger partial charge in [0.05, 0.1) is 25.1 Å². The first-order valence-electron chi connectivity index (χ1n) is 6.54. The number of carbonyl (C=O) groups excluding carboxylic acids is 3. The standard InChI is InChI=1S/C13H24N2O5/c1-6-19-11(17)7-10(14-8-16)9(2)15-12(18)20-13(3,4)5/h8-10H,6-7H2,1-5H3,(H,14,16)(H,15,18). The van der Waals surface area contributed by atoms with Crippen LogP contribution in [0.2, 0.25) is 0 Å². The van der Waals surface area contributed by atoms with Crippen LogP contribution in [0.5, 0.6) is 0 Å². The van der Waals surface area contributed by atoms with E-state index in [1.54, 1.807) is 34.6 Å². The van der Waals surface area contributed by atoms with Crippen LogP contribution in [0.1, 0.15) is 41.0 Å². The number of hydrogen-bond acceptors (Lipinski definition) is 5. The van der Waals surface area contributed by atoms with Gasteiger partial charge in [-0.2, -0.15) is 0 Å². The number of hydrogen-bond donors (Lipinski definition) is 2. The van der Waals surface area contributed by atoms with E-state index in [2.05, 4.69) is 10.6 Å². The van der Waals surface area contributed by atoms with E-state index < -0.39 is 29.7 Å². The van der Waals surface area contributed by atoms with Crippen LogP contribution in [0.15, 0.2) is 0 Å². The summed E-state index contributed by atoms with van der Waals surface area (Å²) in [5, 5.41) is 5.07. The van der Waals surface area contributed by atoms with Crippen LogP contribution in [0.25, 0.3) is 0 Å². The average molecular weight is 288 g/mol. The second-order valence-electron chi connectivity index (χ2n) is 5.34. The van der Waals surface area contributed by atoms with Gasteiger partial charge in [0.2, 0.25) is 6.41 Å². The third kappa shape index (κ3) is 8.34. The maximum absolute atomic E-state index is 11.6. The topological polar surface area (TPSA) is 93.7 Å².